The molecule has 0 amide bonds. The standard InChI is InChI=1S/C14H21NO3S/c1-10-13(15)7-4-8-14(10)19(16,17)12-6-3-5-11(9-12)18-2/h4,7-8,11-12H,3,5-6,9,15H2,1-2H3. The van der Waals surface area contributed by atoms with Crippen molar-refractivity contribution in [3.8, 4) is 0 Å². The van der Waals surface area contributed by atoms with E-state index in [0.29, 0.717) is 29.0 Å². The first-order valence-corrected chi connectivity index (χ1v) is 8.13. The quantitative estimate of drug-likeness (QED) is 0.864. The van der Waals surface area contributed by atoms with Crippen molar-refractivity contribution in [2.75, 3.05) is 12.8 Å². The van der Waals surface area contributed by atoms with Crippen LogP contribution in [0.25, 0.3) is 0 Å². The average molecular weight is 283 g/mol. The van der Waals surface area contributed by atoms with Crippen LogP contribution in [0.2, 0.25) is 0 Å². The lowest BCUT2D eigenvalue weighted by atomic mass is 9.97. The van der Waals surface area contributed by atoms with E-state index in [1.54, 1.807) is 32.2 Å². The highest BCUT2D eigenvalue weighted by molar-refractivity contribution is 7.92. The molecule has 5 heteroatoms. The summed E-state index contributed by atoms with van der Waals surface area (Å²) < 4.78 is 30.7. The van der Waals surface area contributed by atoms with Crippen LogP contribution in [0.4, 0.5) is 5.69 Å². The van der Waals surface area contributed by atoms with Crippen LogP contribution in [-0.2, 0) is 14.6 Å². The Morgan fingerprint density at radius 2 is 2.05 bits per heavy atom. The molecule has 0 aromatic heterocycles. The van der Waals surface area contributed by atoms with E-state index >= 15 is 0 Å². The van der Waals surface area contributed by atoms with Crippen LogP contribution in [0.5, 0.6) is 0 Å². The minimum atomic E-state index is -3.32. The Labute approximate surface area is 114 Å². The van der Waals surface area contributed by atoms with Crippen molar-refractivity contribution in [1.29, 1.82) is 0 Å². The molecule has 2 unspecified atom stereocenters. The highest BCUT2D eigenvalue weighted by Gasteiger charge is 2.34. The van der Waals surface area contributed by atoms with Crippen LogP contribution in [0.1, 0.15) is 31.2 Å². The maximum absolute atomic E-state index is 12.7. The summed E-state index contributed by atoms with van der Waals surface area (Å²) in [5, 5.41) is -0.355. The van der Waals surface area contributed by atoms with Crippen molar-refractivity contribution in [1.82, 2.24) is 0 Å². The summed E-state index contributed by atoms with van der Waals surface area (Å²) in [5.74, 6) is 0. The minimum Gasteiger partial charge on any atom is -0.398 e. The third-order valence-electron chi connectivity index (χ3n) is 3.98. The Morgan fingerprint density at radius 1 is 1.32 bits per heavy atom. The average Bonchev–Trinajstić information content (AvgIpc) is 2.41. The molecular weight excluding hydrogens is 262 g/mol. The summed E-state index contributed by atoms with van der Waals surface area (Å²) >= 11 is 0. The van der Waals surface area contributed by atoms with Gasteiger partial charge in [-0.15, -0.1) is 0 Å². The molecule has 1 aliphatic carbocycles. The van der Waals surface area contributed by atoms with Crippen molar-refractivity contribution in [3.05, 3.63) is 23.8 Å². The van der Waals surface area contributed by atoms with E-state index in [4.69, 9.17) is 10.5 Å². The Morgan fingerprint density at radius 3 is 2.74 bits per heavy atom. The van der Waals surface area contributed by atoms with Crippen LogP contribution in [0.15, 0.2) is 23.1 Å². The number of nitrogen functional groups attached to an aromatic ring is 1. The molecule has 1 fully saturated rings. The highest BCUT2D eigenvalue weighted by Crippen LogP contribution is 2.32. The van der Waals surface area contributed by atoms with Crippen molar-refractivity contribution in [3.63, 3.8) is 0 Å². The molecular formula is C14H21NO3S. The normalized spacial score (nSPS) is 24.3. The van der Waals surface area contributed by atoms with Crippen molar-refractivity contribution < 1.29 is 13.2 Å². The highest BCUT2D eigenvalue weighted by atomic mass is 32.2. The van der Waals surface area contributed by atoms with Crippen LogP contribution in [0, 0.1) is 6.92 Å². The minimum absolute atomic E-state index is 0.0508. The molecule has 2 atom stereocenters. The van der Waals surface area contributed by atoms with Gasteiger partial charge in [-0.05, 0) is 50.3 Å². The number of hydrogen-bond acceptors (Lipinski definition) is 4. The lowest BCUT2D eigenvalue weighted by Crippen LogP contribution is -2.32. The molecule has 106 valence electrons. The first-order chi connectivity index (χ1) is 8.96. The maximum atomic E-state index is 12.7. The zero-order valence-electron chi connectivity index (χ0n) is 11.4. The van der Waals surface area contributed by atoms with E-state index in [1.165, 1.54) is 0 Å². The topological polar surface area (TPSA) is 69.4 Å². The fourth-order valence-corrected chi connectivity index (χ4v) is 4.83. The van der Waals surface area contributed by atoms with Gasteiger partial charge in [-0.3, -0.25) is 0 Å². The smallest absolute Gasteiger partial charge is 0.181 e. The third-order valence-corrected chi connectivity index (χ3v) is 6.34. The SMILES string of the molecule is COC1CCCC(S(=O)(=O)c2cccc(N)c2C)C1. The second kappa shape index (κ2) is 5.51. The molecule has 0 radical (unpaired) electrons. The Kier molecular flexibility index (Phi) is 4.16. The van der Waals surface area contributed by atoms with Crippen LogP contribution < -0.4 is 5.73 Å². The molecule has 2 N–H and O–H groups in total. The van der Waals surface area contributed by atoms with Crippen LogP contribution >= 0.6 is 0 Å². The van der Waals surface area contributed by atoms with Gasteiger partial charge in [-0.2, -0.15) is 0 Å². The fraction of sp³-hybridized carbons (Fsp3) is 0.571. The van der Waals surface area contributed by atoms with E-state index in [-0.39, 0.29) is 11.4 Å². The summed E-state index contributed by atoms with van der Waals surface area (Å²) in [4.78, 5) is 0.370. The van der Waals surface area contributed by atoms with Crippen LogP contribution in [0.3, 0.4) is 0 Å². The lowest BCUT2D eigenvalue weighted by Gasteiger charge is -2.28. The molecule has 1 aromatic carbocycles. The second-order valence-corrected chi connectivity index (χ2v) is 7.36. The Hall–Kier alpha value is -1.07. The molecule has 2 rings (SSSR count). The molecule has 19 heavy (non-hydrogen) atoms. The van der Waals surface area contributed by atoms with Gasteiger partial charge in [0.1, 0.15) is 0 Å². The Balaban J connectivity index is 2.34. The largest absolute Gasteiger partial charge is 0.398 e. The summed E-state index contributed by atoms with van der Waals surface area (Å²) in [6.07, 6.45) is 3.17. The van der Waals surface area contributed by atoms with Crippen molar-refractivity contribution in [2.45, 2.75) is 48.9 Å². The van der Waals surface area contributed by atoms with Crippen molar-refractivity contribution >= 4 is 15.5 Å². The van der Waals surface area contributed by atoms with E-state index in [2.05, 4.69) is 0 Å². The monoisotopic (exact) mass is 283 g/mol. The molecule has 0 spiro atoms. The molecule has 0 heterocycles. The number of hydrogen-bond donors (Lipinski definition) is 1. The van der Waals surface area contributed by atoms with Gasteiger partial charge in [0.25, 0.3) is 0 Å². The fourth-order valence-electron chi connectivity index (χ4n) is 2.72. The van der Waals surface area contributed by atoms with Gasteiger partial charge in [0.05, 0.1) is 16.2 Å². The summed E-state index contributed by atoms with van der Waals surface area (Å²) in [5.41, 5.74) is 6.99. The van der Waals surface area contributed by atoms with Crippen molar-refractivity contribution in [2.24, 2.45) is 0 Å². The van der Waals surface area contributed by atoms with Gasteiger partial charge >= 0.3 is 0 Å². The molecule has 0 bridgehead atoms. The molecule has 1 aromatic rings. The lowest BCUT2D eigenvalue weighted by molar-refractivity contribution is 0.0720. The Bertz CT molecular complexity index is 554. The third kappa shape index (κ3) is 2.77. The van der Waals surface area contributed by atoms with Gasteiger partial charge in [-0.25, -0.2) is 8.42 Å². The zero-order valence-corrected chi connectivity index (χ0v) is 12.2. The van der Waals surface area contributed by atoms with E-state index in [0.717, 1.165) is 12.8 Å². The first-order valence-electron chi connectivity index (χ1n) is 6.58. The number of anilines is 1. The van der Waals surface area contributed by atoms with Gasteiger partial charge in [-0.1, -0.05) is 6.07 Å². The number of sulfone groups is 1. The predicted octanol–water partition coefficient (Wildman–Crippen LogP) is 2.31. The number of methoxy groups -OCH3 is 1. The number of nitrogens with two attached hydrogens (primary N) is 1. The second-order valence-electron chi connectivity index (χ2n) is 5.16. The summed E-state index contributed by atoms with van der Waals surface area (Å²) in [7, 11) is -1.67. The number of rotatable bonds is 3. The summed E-state index contributed by atoms with van der Waals surface area (Å²) in [6, 6.07) is 5.08. The first kappa shape index (κ1) is 14.3. The van der Waals surface area contributed by atoms with Gasteiger partial charge < -0.3 is 10.5 Å². The van der Waals surface area contributed by atoms with Gasteiger partial charge in [0.15, 0.2) is 9.84 Å². The molecule has 1 aliphatic rings. The van der Waals surface area contributed by atoms with Gasteiger partial charge in [0.2, 0.25) is 0 Å². The number of ether oxygens (including phenoxy) is 1. The molecule has 4 nitrogen and oxygen atoms in total. The maximum Gasteiger partial charge on any atom is 0.181 e. The predicted molar refractivity (Wildman–Crippen MR) is 75.8 cm³/mol. The zero-order chi connectivity index (χ0) is 14.0. The van der Waals surface area contributed by atoms with E-state index in [9.17, 15) is 8.42 Å². The van der Waals surface area contributed by atoms with E-state index < -0.39 is 9.84 Å². The summed E-state index contributed by atoms with van der Waals surface area (Å²) in [6.45, 7) is 1.76. The molecule has 0 saturated heterocycles. The number of benzene rings is 1. The van der Waals surface area contributed by atoms with E-state index in [1.807, 2.05) is 0 Å². The molecule has 0 aliphatic heterocycles. The van der Waals surface area contributed by atoms with Gasteiger partial charge in [0, 0.05) is 12.8 Å². The molecule has 1 saturated carbocycles. The van der Waals surface area contributed by atoms with Crippen LogP contribution in [-0.4, -0.2) is 26.9 Å².